The van der Waals surface area contributed by atoms with E-state index in [4.69, 9.17) is 5.32 Å². The highest BCUT2D eigenvalue weighted by Gasteiger charge is 2.20. The van der Waals surface area contributed by atoms with E-state index in [1.54, 1.807) is 0 Å². The summed E-state index contributed by atoms with van der Waals surface area (Å²) in [5, 5.41) is 4.72. The number of benzene rings is 1. The van der Waals surface area contributed by atoms with Crippen molar-refractivity contribution in [3.8, 4) is 0 Å². The molecule has 1 nitrogen and oxygen atoms in total. The molecule has 1 aliphatic heterocycles. The van der Waals surface area contributed by atoms with Crippen LogP contribution in [0.4, 0.5) is 0 Å². The molecule has 1 heterocycles. The van der Waals surface area contributed by atoms with Gasteiger partial charge in [-0.25, -0.2) is 0 Å². The van der Waals surface area contributed by atoms with Crippen LogP contribution in [0, 0.1) is 0 Å². The van der Waals surface area contributed by atoms with Gasteiger partial charge in [-0.05, 0) is 37.3 Å². The lowest BCUT2D eigenvalue weighted by Gasteiger charge is -2.11. The van der Waals surface area contributed by atoms with E-state index in [0.717, 1.165) is 5.70 Å². The van der Waals surface area contributed by atoms with Gasteiger partial charge in [0.2, 0.25) is 0 Å². The second-order valence-electron chi connectivity index (χ2n) is 4.19. The molecule has 0 unspecified atom stereocenters. The van der Waals surface area contributed by atoms with Crippen molar-refractivity contribution in [1.29, 1.82) is 0 Å². The lowest BCUT2D eigenvalue weighted by Crippen LogP contribution is -2.03. The minimum absolute atomic E-state index is 1.16. The maximum absolute atomic E-state index is 4.72. The van der Waals surface area contributed by atoms with Crippen molar-refractivity contribution in [1.82, 2.24) is 5.32 Å². The number of hydrogen-bond acceptors (Lipinski definition) is 0. The van der Waals surface area contributed by atoms with Crippen LogP contribution >= 0.6 is 0 Å². The van der Waals surface area contributed by atoms with Crippen LogP contribution in [0.1, 0.15) is 31.2 Å². The molecule has 2 aliphatic rings. The van der Waals surface area contributed by atoms with E-state index in [1.165, 1.54) is 42.5 Å². The zero-order valence-electron chi connectivity index (χ0n) is 8.74. The van der Waals surface area contributed by atoms with Gasteiger partial charge in [-0.2, -0.15) is 0 Å². The molecule has 0 amide bonds. The summed E-state index contributed by atoms with van der Waals surface area (Å²) in [6.45, 7) is 0. The largest absolute Gasteiger partial charge is 0.253 e. The normalized spacial score (nSPS) is 19.6. The third-order valence-corrected chi connectivity index (χ3v) is 3.12. The van der Waals surface area contributed by atoms with E-state index >= 15 is 0 Å². The summed E-state index contributed by atoms with van der Waals surface area (Å²) in [4.78, 5) is 0. The Morgan fingerprint density at radius 3 is 2.53 bits per heavy atom. The molecule has 1 aromatic carbocycles. The van der Waals surface area contributed by atoms with Crippen molar-refractivity contribution >= 4 is 5.70 Å². The monoisotopic (exact) mass is 196 g/mol. The lowest BCUT2D eigenvalue weighted by molar-refractivity contribution is 0.667. The van der Waals surface area contributed by atoms with Crippen molar-refractivity contribution in [3.63, 3.8) is 0 Å². The smallest absolute Gasteiger partial charge is 0.0708 e. The van der Waals surface area contributed by atoms with Gasteiger partial charge in [0.05, 0.1) is 5.70 Å². The standard InChI is InChI=1S/C14H14N/c1-2-6-11(7-3-1)14-10-12-8-4-5-9-13(12)15-14/h1-3,6-7,10H,4-5,8-9H2. The Morgan fingerprint density at radius 1 is 0.933 bits per heavy atom. The number of hydrogen-bond donors (Lipinski definition) is 0. The highest BCUT2D eigenvalue weighted by atomic mass is 14.9. The molecule has 1 radical (unpaired) electrons. The van der Waals surface area contributed by atoms with Crippen LogP contribution in [0.15, 0.2) is 47.7 Å². The van der Waals surface area contributed by atoms with Gasteiger partial charge < -0.3 is 0 Å². The molecule has 1 aromatic rings. The van der Waals surface area contributed by atoms with Gasteiger partial charge in [0.25, 0.3) is 0 Å². The van der Waals surface area contributed by atoms with Crippen molar-refractivity contribution in [3.05, 3.63) is 53.2 Å². The van der Waals surface area contributed by atoms with Crippen molar-refractivity contribution in [2.24, 2.45) is 0 Å². The van der Waals surface area contributed by atoms with Crippen molar-refractivity contribution < 1.29 is 0 Å². The highest BCUT2D eigenvalue weighted by Crippen LogP contribution is 2.33. The van der Waals surface area contributed by atoms with E-state index in [1.807, 2.05) is 6.07 Å². The Kier molecular flexibility index (Phi) is 2.09. The summed E-state index contributed by atoms with van der Waals surface area (Å²) in [6.07, 6.45) is 7.28. The quantitative estimate of drug-likeness (QED) is 0.653. The molecule has 0 atom stereocenters. The summed E-state index contributed by atoms with van der Waals surface area (Å²) in [5.41, 5.74) is 5.20. The van der Waals surface area contributed by atoms with Crippen LogP contribution in [-0.4, -0.2) is 0 Å². The number of rotatable bonds is 1. The minimum atomic E-state index is 1.16. The molecule has 75 valence electrons. The molecule has 15 heavy (non-hydrogen) atoms. The first-order valence-electron chi connectivity index (χ1n) is 5.64. The first-order valence-corrected chi connectivity index (χ1v) is 5.64. The maximum Gasteiger partial charge on any atom is 0.0708 e. The van der Waals surface area contributed by atoms with Crippen LogP contribution in [0.3, 0.4) is 0 Å². The van der Waals surface area contributed by atoms with Gasteiger partial charge in [-0.3, -0.25) is 5.32 Å². The van der Waals surface area contributed by atoms with E-state index in [2.05, 4.69) is 30.3 Å². The van der Waals surface area contributed by atoms with Gasteiger partial charge in [-0.1, -0.05) is 30.3 Å². The molecule has 0 saturated heterocycles. The SMILES string of the molecule is C1=C(c2ccccc2)[N]C2=C1CCCC2. The Balaban J connectivity index is 1.88. The lowest BCUT2D eigenvalue weighted by atomic mass is 9.98. The predicted octanol–water partition coefficient (Wildman–Crippen LogP) is 3.47. The van der Waals surface area contributed by atoms with Crippen LogP contribution < -0.4 is 5.32 Å². The molecule has 1 heteroatoms. The molecule has 0 fully saturated rings. The molecule has 0 N–H and O–H groups in total. The van der Waals surface area contributed by atoms with E-state index in [-0.39, 0.29) is 0 Å². The summed E-state index contributed by atoms with van der Waals surface area (Å²) in [7, 11) is 0. The fourth-order valence-electron chi connectivity index (χ4n) is 2.30. The molecule has 0 spiro atoms. The second kappa shape index (κ2) is 3.58. The molecule has 0 saturated carbocycles. The van der Waals surface area contributed by atoms with E-state index < -0.39 is 0 Å². The first kappa shape index (κ1) is 8.78. The van der Waals surface area contributed by atoms with Gasteiger partial charge in [0.15, 0.2) is 0 Å². The van der Waals surface area contributed by atoms with Gasteiger partial charge in [-0.15, -0.1) is 0 Å². The van der Waals surface area contributed by atoms with Gasteiger partial charge >= 0.3 is 0 Å². The first-order chi connectivity index (χ1) is 7.43. The third kappa shape index (κ3) is 1.58. The fraction of sp³-hybridized carbons (Fsp3) is 0.286. The van der Waals surface area contributed by atoms with E-state index in [9.17, 15) is 0 Å². The van der Waals surface area contributed by atoms with Crippen LogP contribution in [0.25, 0.3) is 5.70 Å². The zero-order chi connectivity index (χ0) is 10.1. The Hall–Kier alpha value is -1.50. The summed E-state index contributed by atoms with van der Waals surface area (Å²) in [6, 6.07) is 10.5. The minimum Gasteiger partial charge on any atom is -0.253 e. The second-order valence-corrected chi connectivity index (χ2v) is 4.19. The molecule has 0 bridgehead atoms. The molecule has 1 aliphatic carbocycles. The topological polar surface area (TPSA) is 14.1 Å². The summed E-state index contributed by atoms with van der Waals surface area (Å²) < 4.78 is 0. The predicted molar refractivity (Wildman–Crippen MR) is 62.0 cm³/mol. The molecule has 3 rings (SSSR count). The van der Waals surface area contributed by atoms with Crippen molar-refractivity contribution in [2.45, 2.75) is 25.7 Å². The van der Waals surface area contributed by atoms with Gasteiger partial charge in [0, 0.05) is 11.3 Å². The number of allylic oxidation sites excluding steroid dienone is 3. The average molecular weight is 196 g/mol. The Bertz CT molecular complexity index is 426. The Morgan fingerprint density at radius 2 is 1.73 bits per heavy atom. The van der Waals surface area contributed by atoms with E-state index in [0.29, 0.717) is 0 Å². The highest BCUT2D eigenvalue weighted by molar-refractivity contribution is 5.71. The van der Waals surface area contributed by atoms with Crippen LogP contribution in [-0.2, 0) is 0 Å². The zero-order valence-corrected chi connectivity index (χ0v) is 8.74. The molecular formula is C14H14N. The Labute approximate surface area is 90.5 Å². The van der Waals surface area contributed by atoms with Gasteiger partial charge in [0.1, 0.15) is 0 Å². The van der Waals surface area contributed by atoms with Crippen LogP contribution in [0.2, 0.25) is 0 Å². The molecular weight excluding hydrogens is 182 g/mol. The fourth-order valence-corrected chi connectivity index (χ4v) is 2.30. The third-order valence-electron chi connectivity index (χ3n) is 3.12. The average Bonchev–Trinajstić information content (AvgIpc) is 2.74. The maximum atomic E-state index is 4.72. The van der Waals surface area contributed by atoms with Crippen LogP contribution in [0.5, 0.6) is 0 Å². The summed E-state index contributed by atoms with van der Waals surface area (Å²) in [5.74, 6) is 0. The van der Waals surface area contributed by atoms with Crippen molar-refractivity contribution in [2.75, 3.05) is 0 Å². The summed E-state index contributed by atoms with van der Waals surface area (Å²) >= 11 is 0. The number of nitrogens with zero attached hydrogens (tertiary/aromatic N) is 1. The molecule has 0 aromatic heterocycles.